The van der Waals surface area contributed by atoms with Gasteiger partial charge in [0.2, 0.25) is 11.8 Å². The number of carbonyl (C=O) groups is 2. The number of amides is 2. The maximum absolute atomic E-state index is 11.0. The number of hydrogen-bond acceptors (Lipinski definition) is 2. The predicted molar refractivity (Wildman–Crippen MR) is 54.4 cm³/mol. The van der Waals surface area contributed by atoms with Crippen molar-refractivity contribution in [2.75, 3.05) is 13.1 Å². The van der Waals surface area contributed by atoms with Crippen molar-refractivity contribution in [3.05, 3.63) is 11.1 Å². The van der Waals surface area contributed by atoms with Crippen LogP contribution >= 0.6 is 15.9 Å². The number of halogens is 1. The molecule has 0 bridgehead atoms. The van der Waals surface area contributed by atoms with Gasteiger partial charge in [-0.25, -0.2) is 0 Å². The zero-order valence-electron chi connectivity index (χ0n) is 7.52. The van der Waals surface area contributed by atoms with Gasteiger partial charge in [-0.3, -0.25) is 9.59 Å². The maximum Gasteiger partial charge on any atom is 0.239 e. The zero-order chi connectivity index (χ0) is 10.3. The zero-order valence-corrected chi connectivity index (χ0v) is 9.11. The van der Waals surface area contributed by atoms with Gasteiger partial charge in [0.15, 0.2) is 0 Å². The van der Waals surface area contributed by atoms with Crippen LogP contribution in [0.3, 0.4) is 0 Å². The van der Waals surface area contributed by atoms with E-state index in [-0.39, 0.29) is 18.4 Å². The first kappa shape index (κ1) is 12.2. The smallest absolute Gasteiger partial charge is 0.239 e. The third-order valence-electron chi connectivity index (χ3n) is 1.24. The average molecular weight is 249 g/mol. The maximum atomic E-state index is 11.0. The van der Waals surface area contributed by atoms with E-state index in [9.17, 15) is 9.59 Å². The fourth-order valence-electron chi connectivity index (χ4n) is 0.561. The van der Waals surface area contributed by atoms with Crippen molar-refractivity contribution in [3.8, 4) is 0 Å². The van der Waals surface area contributed by atoms with E-state index in [1.54, 1.807) is 6.92 Å². The van der Waals surface area contributed by atoms with Crippen molar-refractivity contribution in [2.24, 2.45) is 0 Å². The van der Waals surface area contributed by atoms with Gasteiger partial charge in [0, 0.05) is 17.4 Å². The van der Waals surface area contributed by atoms with Crippen LogP contribution in [0.1, 0.15) is 13.3 Å². The molecule has 0 fully saturated rings. The summed E-state index contributed by atoms with van der Waals surface area (Å²) in [7, 11) is 0. The second-order valence-corrected chi connectivity index (χ2v) is 3.55. The van der Waals surface area contributed by atoms with E-state index in [0.29, 0.717) is 17.4 Å². The Hall–Kier alpha value is -0.840. The summed E-state index contributed by atoms with van der Waals surface area (Å²) >= 11 is 3.10. The van der Waals surface area contributed by atoms with Crippen molar-refractivity contribution in [2.45, 2.75) is 13.3 Å². The SMILES string of the molecule is C=C(Br)CNC(=O)CNC(=O)CC. The predicted octanol–water partition coefficient (Wildman–Crippen LogP) is 0.537. The summed E-state index contributed by atoms with van der Waals surface area (Å²) in [5.41, 5.74) is 0. The molecule has 2 amide bonds. The summed E-state index contributed by atoms with van der Waals surface area (Å²) in [6, 6.07) is 0. The first-order valence-electron chi connectivity index (χ1n) is 3.93. The fraction of sp³-hybridized carbons (Fsp3) is 0.500. The third kappa shape index (κ3) is 7.52. The van der Waals surface area contributed by atoms with E-state index < -0.39 is 0 Å². The molecule has 0 radical (unpaired) electrons. The number of carbonyl (C=O) groups excluding carboxylic acids is 2. The van der Waals surface area contributed by atoms with Crippen LogP contribution in [0, 0.1) is 0 Å². The summed E-state index contributed by atoms with van der Waals surface area (Å²) < 4.78 is 0.697. The molecule has 0 saturated carbocycles. The fourth-order valence-corrected chi connectivity index (χ4v) is 0.701. The molecule has 2 N–H and O–H groups in total. The second-order valence-electron chi connectivity index (χ2n) is 2.42. The standard InChI is InChI=1S/C8H13BrN2O2/c1-3-7(12)11-5-8(13)10-4-6(2)9/h2-5H2,1H3,(H,10,13)(H,11,12). The minimum atomic E-state index is -0.220. The number of rotatable bonds is 5. The highest BCUT2D eigenvalue weighted by atomic mass is 79.9. The van der Waals surface area contributed by atoms with Gasteiger partial charge < -0.3 is 10.6 Å². The van der Waals surface area contributed by atoms with Gasteiger partial charge in [-0.1, -0.05) is 29.4 Å². The number of hydrogen-bond donors (Lipinski definition) is 2. The van der Waals surface area contributed by atoms with Crippen molar-refractivity contribution >= 4 is 27.7 Å². The van der Waals surface area contributed by atoms with Gasteiger partial charge in [-0.15, -0.1) is 0 Å². The van der Waals surface area contributed by atoms with E-state index in [1.165, 1.54) is 0 Å². The number of nitrogens with one attached hydrogen (secondary N) is 2. The monoisotopic (exact) mass is 248 g/mol. The molecule has 5 heteroatoms. The van der Waals surface area contributed by atoms with E-state index in [4.69, 9.17) is 0 Å². The summed E-state index contributed by atoms with van der Waals surface area (Å²) in [6.07, 6.45) is 0.387. The van der Waals surface area contributed by atoms with Gasteiger partial charge in [-0.05, 0) is 0 Å². The molecule has 4 nitrogen and oxygen atoms in total. The molecular formula is C8H13BrN2O2. The first-order chi connectivity index (χ1) is 6.06. The summed E-state index contributed by atoms with van der Waals surface area (Å²) in [5.74, 6) is -0.352. The van der Waals surface area contributed by atoms with Gasteiger partial charge in [0.05, 0.1) is 6.54 Å². The van der Waals surface area contributed by atoms with Crippen molar-refractivity contribution in [3.63, 3.8) is 0 Å². The molecule has 74 valence electrons. The van der Waals surface area contributed by atoms with Crippen LogP contribution in [0.4, 0.5) is 0 Å². The molecule has 0 unspecified atom stereocenters. The molecule has 0 aliphatic heterocycles. The van der Waals surface area contributed by atoms with Crippen LogP contribution in [0.25, 0.3) is 0 Å². The van der Waals surface area contributed by atoms with Crippen molar-refractivity contribution < 1.29 is 9.59 Å². The minimum absolute atomic E-state index is 0.0208. The molecule has 0 aliphatic carbocycles. The molecule has 0 spiro atoms. The highest BCUT2D eigenvalue weighted by molar-refractivity contribution is 9.11. The van der Waals surface area contributed by atoms with E-state index >= 15 is 0 Å². The highest BCUT2D eigenvalue weighted by Gasteiger charge is 2.02. The Bertz CT molecular complexity index is 216. The third-order valence-corrected chi connectivity index (χ3v) is 1.52. The Morgan fingerprint density at radius 2 is 1.77 bits per heavy atom. The summed E-state index contributed by atoms with van der Waals surface area (Å²) in [5, 5.41) is 5.02. The van der Waals surface area contributed by atoms with Crippen molar-refractivity contribution in [1.29, 1.82) is 0 Å². The lowest BCUT2D eigenvalue weighted by Gasteiger charge is -2.04. The van der Waals surface area contributed by atoms with Gasteiger partial charge >= 0.3 is 0 Å². The Morgan fingerprint density at radius 1 is 1.23 bits per heavy atom. The molecule has 13 heavy (non-hydrogen) atoms. The van der Waals surface area contributed by atoms with Gasteiger partial charge in [0.1, 0.15) is 0 Å². The quantitative estimate of drug-likeness (QED) is 0.747. The Balaban J connectivity index is 3.52. The molecule has 0 atom stereocenters. The Morgan fingerprint density at radius 3 is 2.23 bits per heavy atom. The normalized spacial score (nSPS) is 9.08. The van der Waals surface area contributed by atoms with Crippen LogP contribution < -0.4 is 10.6 Å². The van der Waals surface area contributed by atoms with E-state index in [2.05, 4.69) is 33.1 Å². The van der Waals surface area contributed by atoms with E-state index in [1.807, 2.05) is 0 Å². The van der Waals surface area contributed by atoms with Crippen LogP contribution in [0.15, 0.2) is 11.1 Å². The molecule has 0 rings (SSSR count). The van der Waals surface area contributed by atoms with Crippen LogP contribution in [-0.2, 0) is 9.59 Å². The topological polar surface area (TPSA) is 58.2 Å². The molecule has 0 heterocycles. The van der Waals surface area contributed by atoms with Crippen LogP contribution in [-0.4, -0.2) is 24.9 Å². The Labute approximate surface area is 85.9 Å². The Kier molecular flexibility index (Phi) is 6.22. The molecule has 0 aromatic rings. The highest BCUT2D eigenvalue weighted by Crippen LogP contribution is 1.95. The molecule has 0 aromatic heterocycles. The van der Waals surface area contributed by atoms with Gasteiger partial charge in [-0.2, -0.15) is 0 Å². The second kappa shape index (κ2) is 6.65. The summed E-state index contributed by atoms with van der Waals surface area (Å²) in [4.78, 5) is 21.7. The first-order valence-corrected chi connectivity index (χ1v) is 4.72. The summed E-state index contributed by atoms with van der Waals surface area (Å²) in [6.45, 7) is 5.68. The average Bonchev–Trinajstić information content (AvgIpc) is 2.10. The lowest BCUT2D eigenvalue weighted by molar-refractivity contribution is -0.125. The minimum Gasteiger partial charge on any atom is -0.350 e. The largest absolute Gasteiger partial charge is 0.350 e. The molecule has 0 saturated heterocycles. The van der Waals surface area contributed by atoms with Gasteiger partial charge in [0.25, 0.3) is 0 Å². The molecule has 0 aromatic carbocycles. The van der Waals surface area contributed by atoms with Crippen LogP contribution in [0.5, 0.6) is 0 Å². The van der Waals surface area contributed by atoms with E-state index in [0.717, 1.165) is 0 Å². The molecular weight excluding hydrogens is 236 g/mol. The van der Waals surface area contributed by atoms with Crippen LogP contribution in [0.2, 0.25) is 0 Å². The lowest BCUT2D eigenvalue weighted by atomic mass is 10.4. The molecule has 0 aliphatic rings. The van der Waals surface area contributed by atoms with Crippen molar-refractivity contribution in [1.82, 2.24) is 10.6 Å². The lowest BCUT2D eigenvalue weighted by Crippen LogP contribution is -2.36.